The minimum Gasteiger partial charge on any atom is -0.484 e. The average Bonchev–Trinajstić information content (AvgIpc) is 2.83. The molecule has 0 aliphatic heterocycles. The summed E-state index contributed by atoms with van der Waals surface area (Å²) >= 11 is 0. The maximum absolute atomic E-state index is 8.90. The van der Waals surface area contributed by atoms with E-state index in [2.05, 4.69) is 28.9 Å². The maximum atomic E-state index is 8.90. The lowest BCUT2D eigenvalue weighted by molar-refractivity contribution is 0.271. The highest BCUT2D eigenvalue weighted by atomic mass is 16.5. The average molecular weight is 262 g/mol. The minimum atomic E-state index is -0.0665. The molecule has 6 nitrogen and oxygen atoms in total. The van der Waals surface area contributed by atoms with Gasteiger partial charge in [-0.05, 0) is 18.1 Å². The molecule has 2 heterocycles. The molecule has 0 saturated heterocycles. The van der Waals surface area contributed by atoms with Crippen LogP contribution in [0.2, 0.25) is 0 Å². The maximum Gasteiger partial charge on any atom is 0.164 e. The van der Waals surface area contributed by atoms with E-state index < -0.39 is 0 Å². The zero-order chi connectivity index (χ0) is 13.7. The van der Waals surface area contributed by atoms with E-state index in [0.717, 1.165) is 12.4 Å². The monoisotopic (exact) mass is 262 g/mol. The molecule has 0 spiro atoms. The molecule has 1 N–H and O–H groups in total. The number of hydrogen-bond acceptors (Lipinski definition) is 5. The first-order chi connectivity index (χ1) is 9.19. The van der Waals surface area contributed by atoms with Gasteiger partial charge in [-0.1, -0.05) is 13.8 Å². The lowest BCUT2D eigenvalue weighted by Gasteiger charge is -2.09. The molecule has 6 heteroatoms. The Morgan fingerprint density at radius 3 is 2.79 bits per heavy atom. The van der Waals surface area contributed by atoms with E-state index in [0.29, 0.717) is 24.0 Å². The Balaban J connectivity index is 1.96. The van der Waals surface area contributed by atoms with E-state index in [9.17, 15) is 0 Å². The van der Waals surface area contributed by atoms with Crippen molar-refractivity contribution in [3.05, 3.63) is 36.2 Å². The van der Waals surface area contributed by atoms with E-state index in [1.165, 1.54) is 6.33 Å². The van der Waals surface area contributed by atoms with Gasteiger partial charge in [0.15, 0.2) is 5.82 Å². The molecule has 0 aromatic carbocycles. The molecule has 2 aromatic heterocycles. The van der Waals surface area contributed by atoms with E-state index in [1.54, 1.807) is 18.3 Å². The second-order valence-electron chi connectivity index (χ2n) is 4.68. The number of aromatic nitrogens is 4. The number of rotatable bonds is 6. The van der Waals surface area contributed by atoms with Crippen molar-refractivity contribution in [2.24, 2.45) is 5.92 Å². The third-order valence-electron chi connectivity index (χ3n) is 2.56. The van der Waals surface area contributed by atoms with Crippen molar-refractivity contribution >= 4 is 0 Å². The van der Waals surface area contributed by atoms with Crippen molar-refractivity contribution in [2.75, 3.05) is 0 Å². The lowest BCUT2D eigenvalue weighted by atomic mass is 10.2. The summed E-state index contributed by atoms with van der Waals surface area (Å²) in [6.45, 7) is 5.37. The summed E-state index contributed by atoms with van der Waals surface area (Å²) in [5.41, 5.74) is 0.621. The number of hydrogen-bond donors (Lipinski definition) is 1. The van der Waals surface area contributed by atoms with E-state index in [1.807, 2.05) is 4.68 Å². The molecule has 2 aromatic rings. The number of aliphatic hydroxyl groups excluding tert-OH is 1. The Kier molecular flexibility index (Phi) is 4.46. The summed E-state index contributed by atoms with van der Waals surface area (Å²) in [6.07, 6.45) is 3.13. The van der Waals surface area contributed by atoms with Crippen LogP contribution in [0.25, 0.3) is 0 Å². The Labute approximate surface area is 112 Å². The summed E-state index contributed by atoms with van der Waals surface area (Å²) in [7, 11) is 0. The fourth-order valence-corrected chi connectivity index (χ4v) is 1.64. The van der Waals surface area contributed by atoms with Gasteiger partial charge in [-0.15, -0.1) is 0 Å². The lowest BCUT2D eigenvalue weighted by Crippen LogP contribution is -2.12. The number of ether oxygens (including phenoxy) is 1. The van der Waals surface area contributed by atoms with E-state index >= 15 is 0 Å². The van der Waals surface area contributed by atoms with Crippen molar-refractivity contribution in [2.45, 2.75) is 33.6 Å². The third kappa shape index (κ3) is 3.75. The molecule has 0 amide bonds. The van der Waals surface area contributed by atoms with Crippen molar-refractivity contribution < 1.29 is 9.84 Å². The fourth-order valence-electron chi connectivity index (χ4n) is 1.64. The topological polar surface area (TPSA) is 73.1 Å². The zero-order valence-corrected chi connectivity index (χ0v) is 11.2. The summed E-state index contributed by atoms with van der Waals surface area (Å²) in [4.78, 5) is 8.23. The predicted molar refractivity (Wildman–Crippen MR) is 69.4 cm³/mol. The highest BCUT2D eigenvalue weighted by Crippen LogP contribution is 2.11. The van der Waals surface area contributed by atoms with Gasteiger partial charge in [-0.2, -0.15) is 5.10 Å². The van der Waals surface area contributed by atoms with Gasteiger partial charge in [0.1, 0.15) is 18.7 Å². The smallest absolute Gasteiger partial charge is 0.164 e. The molecule has 102 valence electrons. The summed E-state index contributed by atoms with van der Waals surface area (Å²) in [5, 5.41) is 13.1. The van der Waals surface area contributed by atoms with Crippen LogP contribution in [-0.4, -0.2) is 24.9 Å². The van der Waals surface area contributed by atoms with Crippen LogP contribution in [-0.2, 0) is 19.8 Å². The van der Waals surface area contributed by atoms with Crippen molar-refractivity contribution in [1.29, 1.82) is 0 Å². The molecule has 0 bridgehead atoms. The third-order valence-corrected chi connectivity index (χ3v) is 2.56. The van der Waals surface area contributed by atoms with Crippen molar-refractivity contribution in [3.63, 3.8) is 0 Å². The van der Waals surface area contributed by atoms with Gasteiger partial charge in [-0.25, -0.2) is 9.67 Å². The van der Waals surface area contributed by atoms with Crippen LogP contribution in [0.15, 0.2) is 24.7 Å². The zero-order valence-electron chi connectivity index (χ0n) is 11.2. The van der Waals surface area contributed by atoms with Gasteiger partial charge in [0, 0.05) is 6.54 Å². The molecular weight excluding hydrogens is 244 g/mol. The van der Waals surface area contributed by atoms with Crippen LogP contribution in [0.1, 0.15) is 25.4 Å². The first kappa shape index (κ1) is 13.5. The molecule has 0 radical (unpaired) electrons. The van der Waals surface area contributed by atoms with Crippen LogP contribution in [0.4, 0.5) is 0 Å². The Bertz CT molecular complexity index is 508. The first-order valence-electron chi connectivity index (χ1n) is 6.24. The molecule has 0 aliphatic carbocycles. The van der Waals surface area contributed by atoms with Gasteiger partial charge in [0.25, 0.3) is 0 Å². The number of pyridine rings is 1. The fraction of sp³-hybridized carbons (Fsp3) is 0.462. The number of nitrogens with zero attached hydrogens (tertiary/aromatic N) is 4. The summed E-state index contributed by atoms with van der Waals surface area (Å²) in [6, 6.07) is 3.51. The quantitative estimate of drug-likeness (QED) is 0.852. The summed E-state index contributed by atoms with van der Waals surface area (Å²) in [5.74, 6) is 1.95. The highest BCUT2D eigenvalue weighted by Gasteiger charge is 2.07. The molecule has 0 atom stereocenters. The van der Waals surface area contributed by atoms with Crippen LogP contribution < -0.4 is 4.74 Å². The Morgan fingerprint density at radius 1 is 1.32 bits per heavy atom. The molecule has 0 fully saturated rings. The van der Waals surface area contributed by atoms with Gasteiger partial charge in [0.2, 0.25) is 0 Å². The minimum absolute atomic E-state index is 0.0665. The molecule has 0 unspecified atom stereocenters. The van der Waals surface area contributed by atoms with E-state index in [4.69, 9.17) is 9.84 Å². The first-order valence-corrected chi connectivity index (χ1v) is 6.24. The van der Waals surface area contributed by atoms with Crippen LogP contribution in [0.5, 0.6) is 5.75 Å². The molecule has 19 heavy (non-hydrogen) atoms. The molecular formula is C13H18N4O2. The summed E-state index contributed by atoms with van der Waals surface area (Å²) < 4.78 is 7.45. The van der Waals surface area contributed by atoms with Gasteiger partial charge in [0.05, 0.1) is 18.5 Å². The van der Waals surface area contributed by atoms with Crippen LogP contribution in [0.3, 0.4) is 0 Å². The van der Waals surface area contributed by atoms with Crippen LogP contribution in [0, 0.1) is 5.92 Å². The normalized spacial score (nSPS) is 10.9. The Morgan fingerprint density at radius 2 is 2.16 bits per heavy atom. The van der Waals surface area contributed by atoms with E-state index in [-0.39, 0.29) is 6.61 Å². The SMILES string of the molecule is CC(C)Cn1ncnc1COc1ccc(CO)nc1. The van der Waals surface area contributed by atoms with Gasteiger partial charge in [-0.3, -0.25) is 4.98 Å². The largest absolute Gasteiger partial charge is 0.484 e. The van der Waals surface area contributed by atoms with Crippen molar-refractivity contribution in [3.8, 4) is 5.75 Å². The molecule has 2 rings (SSSR count). The number of aliphatic hydroxyl groups is 1. The van der Waals surface area contributed by atoms with Gasteiger partial charge >= 0.3 is 0 Å². The molecule has 0 saturated carbocycles. The van der Waals surface area contributed by atoms with Gasteiger partial charge < -0.3 is 9.84 Å². The molecule has 0 aliphatic rings. The highest BCUT2D eigenvalue weighted by molar-refractivity contribution is 5.19. The Hall–Kier alpha value is -1.95. The second kappa shape index (κ2) is 6.29. The van der Waals surface area contributed by atoms with Crippen LogP contribution >= 0.6 is 0 Å². The standard InChI is InChI=1S/C13H18N4O2/c1-10(2)6-17-13(15-9-16-17)8-19-12-4-3-11(7-18)14-5-12/h3-5,9-10,18H,6-8H2,1-2H3. The van der Waals surface area contributed by atoms with Crippen molar-refractivity contribution in [1.82, 2.24) is 19.7 Å². The predicted octanol–water partition coefficient (Wildman–Crippen LogP) is 1.40. The second-order valence-corrected chi connectivity index (χ2v) is 4.68.